The Bertz CT molecular complexity index is 734. The number of aromatic nitrogens is 4. The Labute approximate surface area is 126 Å². The quantitative estimate of drug-likeness (QED) is 0.866. The van der Waals surface area contributed by atoms with Crippen molar-refractivity contribution in [3.8, 4) is 5.75 Å². The summed E-state index contributed by atoms with van der Waals surface area (Å²) in [5.41, 5.74) is 7.48. The van der Waals surface area contributed by atoms with Gasteiger partial charge in [-0.25, -0.2) is 0 Å². The molecule has 3 rings (SSSR count). The van der Waals surface area contributed by atoms with Crippen molar-refractivity contribution in [2.75, 3.05) is 11.9 Å². The zero-order chi connectivity index (χ0) is 15.7. The zero-order valence-corrected chi connectivity index (χ0v) is 12.3. The van der Waals surface area contributed by atoms with Crippen molar-refractivity contribution >= 4 is 11.9 Å². The molecule has 2 aromatic rings. The normalized spacial score (nSPS) is 16.9. The number of nitrogens with two attached hydrogens (primary N) is 1. The van der Waals surface area contributed by atoms with Crippen LogP contribution < -0.4 is 15.8 Å². The third kappa shape index (κ3) is 2.28. The molecule has 0 bridgehead atoms. The molecule has 0 fully saturated rings. The lowest BCUT2D eigenvalue weighted by atomic mass is 9.95. The number of tetrazole rings is 1. The van der Waals surface area contributed by atoms with Gasteiger partial charge in [0.2, 0.25) is 11.9 Å². The van der Waals surface area contributed by atoms with Crippen LogP contribution in [0.2, 0.25) is 0 Å². The van der Waals surface area contributed by atoms with Gasteiger partial charge in [-0.05, 0) is 42.0 Å². The third-order valence-electron chi connectivity index (χ3n) is 3.49. The maximum Gasteiger partial charge on any atom is 0.248 e. The number of allylic oxidation sites excluding steroid dienone is 1. The number of amides is 1. The Morgan fingerprint density at radius 2 is 2.14 bits per heavy atom. The largest absolute Gasteiger partial charge is 0.494 e. The molecule has 1 amide bonds. The second-order valence-electron chi connectivity index (χ2n) is 4.88. The number of primary amides is 1. The van der Waals surface area contributed by atoms with E-state index in [2.05, 4.69) is 20.8 Å². The van der Waals surface area contributed by atoms with E-state index in [1.165, 1.54) is 0 Å². The molecule has 0 aliphatic carbocycles. The molecule has 0 spiro atoms. The fraction of sp³-hybridized carbons (Fsp3) is 0.286. The molecule has 2 heterocycles. The van der Waals surface area contributed by atoms with Crippen molar-refractivity contribution in [1.82, 2.24) is 20.2 Å². The van der Waals surface area contributed by atoms with E-state index in [4.69, 9.17) is 10.5 Å². The van der Waals surface area contributed by atoms with Crippen LogP contribution in [0, 0.1) is 0 Å². The van der Waals surface area contributed by atoms with E-state index < -0.39 is 11.9 Å². The van der Waals surface area contributed by atoms with Crippen LogP contribution in [-0.2, 0) is 4.79 Å². The van der Waals surface area contributed by atoms with Gasteiger partial charge in [-0.2, -0.15) is 4.68 Å². The standard InChI is InChI=1S/C14H16N6O2/c1-3-22-10-6-4-9(5-7-10)12-11(13(15)21)8(2)16-14-17-18-19-20(12)14/h4-7,12H,3H2,1-2H3,(H2,15,21)(H,16,17,19)/t12-/m0/s1. The smallest absolute Gasteiger partial charge is 0.248 e. The van der Waals surface area contributed by atoms with Crippen LogP contribution in [0.15, 0.2) is 35.5 Å². The number of hydrogen-bond donors (Lipinski definition) is 2. The Balaban J connectivity index is 2.08. The molecular formula is C14H16N6O2. The molecular weight excluding hydrogens is 284 g/mol. The lowest BCUT2D eigenvalue weighted by Crippen LogP contribution is -2.31. The van der Waals surface area contributed by atoms with Crippen molar-refractivity contribution in [3.63, 3.8) is 0 Å². The number of rotatable bonds is 4. The molecule has 114 valence electrons. The molecule has 0 unspecified atom stereocenters. The van der Waals surface area contributed by atoms with Crippen molar-refractivity contribution in [1.29, 1.82) is 0 Å². The molecule has 0 saturated heterocycles. The van der Waals surface area contributed by atoms with Gasteiger partial charge in [0.25, 0.3) is 0 Å². The minimum Gasteiger partial charge on any atom is -0.494 e. The first-order valence-corrected chi connectivity index (χ1v) is 6.90. The van der Waals surface area contributed by atoms with Gasteiger partial charge in [0.1, 0.15) is 11.8 Å². The molecule has 1 aromatic heterocycles. The molecule has 0 saturated carbocycles. The number of ether oxygens (including phenoxy) is 1. The highest BCUT2D eigenvalue weighted by Crippen LogP contribution is 2.34. The van der Waals surface area contributed by atoms with Gasteiger partial charge in [0, 0.05) is 5.70 Å². The van der Waals surface area contributed by atoms with Crippen LogP contribution in [0.5, 0.6) is 5.75 Å². The van der Waals surface area contributed by atoms with Crippen LogP contribution in [-0.4, -0.2) is 32.7 Å². The minimum atomic E-state index is -0.509. The average molecular weight is 300 g/mol. The Morgan fingerprint density at radius 1 is 1.41 bits per heavy atom. The summed E-state index contributed by atoms with van der Waals surface area (Å²) in [6.07, 6.45) is 0. The first-order valence-electron chi connectivity index (χ1n) is 6.90. The van der Waals surface area contributed by atoms with Crippen LogP contribution in [0.1, 0.15) is 25.5 Å². The van der Waals surface area contributed by atoms with E-state index >= 15 is 0 Å². The molecule has 1 aliphatic rings. The number of carbonyl (C=O) groups excluding carboxylic acids is 1. The van der Waals surface area contributed by atoms with Crippen molar-refractivity contribution in [2.45, 2.75) is 19.9 Å². The number of nitrogens with one attached hydrogen (secondary N) is 1. The average Bonchev–Trinajstić information content (AvgIpc) is 2.94. The van der Waals surface area contributed by atoms with E-state index in [0.29, 0.717) is 23.8 Å². The summed E-state index contributed by atoms with van der Waals surface area (Å²) in [4.78, 5) is 11.9. The molecule has 1 atom stereocenters. The van der Waals surface area contributed by atoms with Gasteiger partial charge >= 0.3 is 0 Å². The number of anilines is 1. The Hall–Kier alpha value is -2.90. The summed E-state index contributed by atoms with van der Waals surface area (Å²) in [5, 5.41) is 14.5. The summed E-state index contributed by atoms with van der Waals surface area (Å²) in [6.45, 7) is 4.29. The summed E-state index contributed by atoms with van der Waals surface area (Å²) in [6, 6.07) is 6.99. The monoisotopic (exact) mass is 300 g/mol. The second-order valence-corrected chi connectivity index (χ2v) is 4.88. The maximum absolute atomic E-state index is 11.9. The van der Waals surface area contributed by atoms with Gasteiger partial charge in [-0.3, -0.25) is 4.79 Å². The van der Waals surface area contributed by atoms with E-state index in [1.807, 2.05) is 31.2 Å². The summed E-state index contributed by atoms with van der Waals surface area (Å²) in [7, 11) is 0. The first-order chi connectivity index (χ1) is 10.6. The fourth-order valence-electron chi connectivity index (χ4n) is 2.55. The highest BCUT2D eigenvalue weighted by Gasteiger charge is 2.32. The number of carbonyl (C=O) groups is 1. The minimum absolute atomic E-state index is 0.434. The van der Waals surface area contributed by atoms with Gasteiger partial charge in [-0.1, -0.05) is 17.2 Å². The van der Waals surface area contributed by atoms with Gasteiger partial charge < -0.3 is 15.8 Å². The van der Waals surface area contributed by atoms with E-state index in [1.54, 1.807) is 11.6 Å². The predicted molar refractivity (Wildman–Crippen MR) is 79.1 cm³/mol. The van der Waals surface area contributed by atoms with Crippen LogP contribution in [0.3, 0.4) is 0 Å². The Morgan fingerprint density at radius 3 is 2.77 bits per heavy atom. The molecule has 0 radical (unpaired) electrons. The maximum atomic E-state index is 11.9. The van der Waals surface area contributed by atoms with Crippen LogP contribution >= 0.6 is 0 Å². The van der Waals surface area contributed by atoms with E-state index in [9.17, 15) is 4.79 Å². The van der Waals surface area contributed by atoms with E-state index in [-0.39, 0.29) is 0 Å². The number of fused-ring (bicyclic) bond motifs is 1. The SMILES string of the molecule is CCOc1ccc([C@H]2C(C(N)=O)=C(C)Nc3nnnn32)cc1. The van der Waals surface area contributed by atoms with Gasteiger partial charge in [0.15, 0.2) is 0 Å². The second kappa shape index (κ2) is 5.47. The number of hydrogen-bond acceptors (Lipinski definition) is 6. The molecule has 8 heteroatoms. The fourth-order valence-corrected chi connectivity index (χ4v) is 2.55. The van der Waals surface area contributed by atoms with Crippen LogP contribution in [0.25, 0.3) is 0 Å². The number of benzene rings is 1. The number of nitrogens with zero attached hydrogens (tertiary/aromatic N) is 4. The molecule has 3 N–H and O–H groups in total. The van der Waals surface area contributed by atoms with Gasteiger partial charge in [-0.15, -0.1) is 0 Å². The molecule has 1 aliphatic heterocycles. The molecule has 8 nitrogen and oxygen atoms in total. The third-order valence-corrected chi connectivity index (χ3v) is 3.49. The first kappa shape index (κ1) is 14.1. The lowest BCUT2D eigenvalue weighted by molar-refractivity contribution is -0.115. The summed E-state index contributed by atoms with van der Waals surface area (Å²) in [5.74, 6) is 0.727. The van der Waals surface area contributed by atoms with Crippen LogP contribution in [0.4, 0.5) is 5.95 Å². The van der Waals surface area contributed by atoms with E-state index in [0.717, 1.165) is 11.3 Å². The molecule has 22 heavy (non-hydrogen) atoms. The lowest BCUT2D eigenvalue weighted by Gasteiger charge is -2.26. The topological polar surface area (TPSA) is 108 Å². The highest BCUT2D eigenvalue weighted by atomic mass is 16.5. The predicted octanol–water partition coefficient (Wildman–Crippen LogP) is 0.846. The van der Waals surface area contributed by atoms with Crippen molar-refractivity contribution < 1.29 is 9.53 Å². The van der Waals surface area contributed by atoms with Gasteiger partial charge in [0.05, 0.1) is 12.2 Å². The zero-order valence-electron chi connectivity index (χ0n) is 12.3. The summed E-state index contributed by atoms with van der Waals surface area (Å²) >= 11 is 0. The van der Waals surface area contributed by atoms with Crippen molar-refractivity contribution in [2.24, 2.45) is 5.73 Å². The molecule has 1 aromatic carbocycles. The summed E-state index contributed by atoms with van der Waals surface area (Å²) < 4.78 is 6.98. The Kier molecular flexibility index (Phi) is 3.50. The van der Waals surface area contributed by atoms with Crippen molar-refractivity contribution in [3.05, 3.63) is 41.1 Å². The highest BCUT2D eigenvalue weighted by molar-refractivity contribution is 5.95.